The van der Waals surface area contributed by atoms with Crippen molar-refractivity contribution in [2.75, 3.05) is 5.32 Å². The summed E-state index contributed by atoms with van der Waals surface area (Å²) in [6.07, 6.45) is -0.740. The highest BCUT2D eigenvalue weighted by atomic mass is 19.1. The minimum absolute atomic E-state index is 0.145. The highest BCUT2D eigenvalue weighted by Gasteiger charge is 2.16. The van der Waals surface area contributed by atoms with Gasteiger partial charge in [0.1, 0.15) is 11.6 Å². The van der Waals surface area contributed by atoms with Gasteiger partial charge in [-0.3, -0.25) is 4.79 Å². The van der Waals surface area contributed by atoms with Crippen LogP contribution in [0.4, 0.5) is 10.1 Å². The Kier molecular flexibility index (Phi) is 4.24. The number of carbonyl (C=O) groups is 1. The third kappa shape index (κ3) is 3.48. The van der Waals surface area contributed by atoms with Crippen molar-refractivity contribution in [2.45, 2.75) is 13.0 Å². The molecule has 0 aromatic heterocycles. The molecular weight excluding hydrogens is 293 g/mol. The van der Waals surface area contributed by atoms with Gasteiger partial charge in [-0.1, -0.05) is 42.5 Å². The second-order valence-electron chi connectivity index (χ2n) is 5.24. The summed E-state index contributed by atoms with van der Waals surface area (Å²) in [5, 5.41) is 4.66. The number of fused-ring (bicyclic) bond motifs is 1. The van der Waals surface area contributed by atoms with E-state index in [-0.39, 0.29) is 5.69 Å². The van der Waals surface area contributed by atoms with Crippen molar-refractivity contribution in [3.05, 3.63) is 72.5 Å². The Morgan fingerprint density at radius 1 is 1.00 bits per heavy atom. The molecule has 3 aromatic carbocycles. The van der Waals surface area contributed by atoms with Crippen molar-refractivity contribution in [3.63, 3.8) is 0 Å². The number of para-hydroxylation sites is 1. The van der Waals surface area contributed by atoms with Gasteiger partial charge in [0, 0.05) is 0 Å². The molecule has 1 atom stereocenters. The molecule has 0 heterocycles. The van der Waals surface area contributed by atoms with E-state index < -0.39 is 17.8 Å². The van der Waals surface area contributed by atoms with Crippen LogP contribution < -0.4 is 10.1 Å². The lowest BCUT2D eigenvalue weighted by molar-refractivity contribution is -0.122. The lowest BCUT2D eigenvalue weighted by Gasteiger charge is -2.15. The summed E-state index contributed by atoms with van der Waals surface area (Å²) >= 11 is 0. The Hall–Kier alpha value is -2.88. The fourth-order valence-electron chi connectivity index (χ4n) is 2.30. The molecule has 23 heavy (non-hydrogen) atoms. The molecule has 0 aliphatic heterocycles. The van der Waals surface area contributed by atoms with Gasteiger partial charge in [0.25, 0.3) is 5.91 Å². The van der Waals surface area contributed by atoms with Crippen LogP contribution in [0.1, 0.15) is 6.92 Å². The Morgan fingerprint density at radius 3 is 2.48 bits per heavy atom. The number of hydrogen-bond acceptors (Lipinski definition) is 2. The summed E-state index contributed by atoms with van der Waals surface area (Å²) in [4.78, 5) is 12.1. The third-order valence-electron chi connectivity index (χ3n) is 3.53. The summed E-state index contributed by atoms with van der Waals surface area (Å²) in [5.74, 6) is -0.276. The molecule has 3 rings (SSSR count). The Bertz CT molecular complexity index is 847. The van der Waals surface area contributed by atoms with Gasteiger partial charge in [-0.15, -0.1) is 0 Å². The number of halogens is 1. The van der Waals surface area contributed by atoms with Gasteiger partial charge in [0.05, 0.1) is 5.69 Å². The van der Waals surface area contributed by atoms with Gasteiger partial charge in [-0.05, 0) is 42.0 Å². The van der Waals surface area contributed by atoms with Gasteiger partial charge in [0.15, 0.2) is 6.10 Å². The molecule has 0 spiro atoms. The number of amides is 1. The van der Waals surface area contributed by atoms with Gasteiger partial charge in [-0.2, -0.15) is 0 Å². The highest BCUT2D eigenvalue weighted by Crippen LogP contribution is 2.22. The van der Waals surface area contributed by atoms with Crippen LogP contribution in [0.15, 0.2) is 66.7 Å². The van der Waals surface area contributed by atoms with E-state index in [1.54, 1.807) is 19.1 Å². The average molecular weight is 309 g/mol. The van der Waals surface area contributed by atoms with E-state index in [0.29, 0.717) is 5.75 Å². The minimum Gasteiger partial charge on any atom is -0.481 e. The van der Waals surface area contributed by atoms with E-state index in [2.05, 4.69) is 5.32 Å². The number of benzene rings is 3. The maximum Gasteiger partial charge on any atom is 0.265 e. The number of rotatable bonds is 4. The quantitative estimate of drug-likeness (QED) is 0.776. The molecule has 1 N–H and O–H groups in total. The second kappa shape index (κ2) is 6.48. The van der Waals surface area contributed by atoms with E-state index in [4.69, 9.17) is 4.74 Å². The summed E-state index contributed by atoms with van der Waals surface area (Å²) < 4.78 is 19.2. The number of anilines is 1. The SMILES string of the molecule is C[C@H](Oc1ccc2ccccc2c1)C(=O)Nc1ccccc1F. The van der Waals surface area contributed by atoms with Gasteiger partial charge >= 0.3 is 0 Å². The van der Waals surface area contributed by atoms with Crippen LogP contribution in [0.5, 0.6) is 5.75 Å². The molecule has 1 amide bonds. The van der Waals surface area contributed by atoms with Crippen molar-refractivity contribution in [3.8, 4) is 5.75 Å². The van der Waals surface area contributed by atoms with Crippen LogP contribution in [-0.4, -0.2) is 12.0 Å². The normalized spacial score (nSPS) is 11.9. The number of hydrogen-bond donors (Lipinski definition) is 1. The first kappa shape index (κ1) is 15.0. The number of carbonyl (C=O) groups excluding carboxylic acids is 1. The van der Waals surface area contributed by atoms with Crippen molar-refractivity contribution in [1.29, 1.82) is 0 Å². The first-order valence-electron chi connectivity index (χ1n) is 7.34. The molecule has 0 saturated heterocycles. The summed E-state index contributed by atoms with van der Waals surface area (Å²) in [6, 6.07) is 19.6. The topological polar surface area (TPSA) is 38.3 Å². The molecular formula is C19H16FNO2. The fourth-order valence-corrected chi connectivity index (χ4v) is 2.30. The van der Waals surface area contributed by atoms with Crippen molar-refractivity contribution < 1.29 is 13.9 Å². The average Bonchev–Trinajstić information content (AvgIpc) is 2.56. The standard InChI is InChI=1S/C19H16FNO2/c1-13(19(22)21-18-9-5-4-8-17(18)20)23-16-11-10-14-6-2-3-7-15(14)12-16/h2-13H,1H3,(H,21,22)/t13-/m0/s1. The molecule has 3 aromatic rings. The maximum absolute atomic E-state index is 13.6. The first-order chi connectivity index (χ1) is 11.1. The molecule has 0 saturated carbocycles. The van der Waals surface area contributed by atoms with Crippen LogP contribution in [0, 0.1) is 5.82 Å². The number of ether oxygens (including phenoxy) is 1. The van der Waals surface area contributed by atoms with Crippen LogP contribution in [0.25, 0.3) is 10.8 Å². The Morgan fingerprint density at radius 2 is 1.70 bits per heavy atom. The van der Waals surface area contributed by atoms with Crippen LogP contribution >= 0.6 is 0 Å². The zero-order valence-electron chi connectivity index (χ0n) is 12.6. The van der Waals surface area contributed by atoms with Gasteiger partial charge in [-0.25, -0.2) is 4.39 Å². The molecule has 116 valence electrons. The Balaban J connectivity index is 1.71. The third-order valence-corrected chi connectivity index (χ3v) is 3.53. The van der Waals surface area contributed by atoms with Crippen LogP contribution in [0.2, 0.25) is 0 Å². The van der Waals surface area contributed by atoms with Crippen molar-refractivity contribution >= 4 is 22.4 Å². The molecule has 0 aliphatic carbocycles. The molecule has 3 nitrogen and oxygen atoms in total. The summed E-state index contributed by atoms with van der Waals surface area (Å²) in [5.41, 5.74) is 0.145. The van der Waals surface area contributed by atoms with E-state index in [0.717, 1.165) is 10.8 Å². The molecule has 0 unspecified atom stereocenters. The van der Waals surface area contributed by atoms with Crippen molar-refractivity contribution in [1.82, 2.24) is 0 Å². The first-order valence-corrected chi connectivity index (χ1v) is 7.34. The summed E-state index contributed by atoms with van der Waals surface area (Å²) in [6.45, 7) is 1.63. The largest absolute Gasteiger partial charge is 0.481 e. The summed E-state index contributed by atoms with van der Waals surface area (Å²) in [7, 11) is 0. The Labute approximate surface area is 133 Å². The van der Waals surface area contributed by atoms with E-state index in [1.165, 1.54) is 12.1 Å². The molecule has 0 bridgehead atoms. The van der Waals surface area contributed by atoms with E-state index in [1.807, 2.05) is 42.5 Å². The maximum atomic E-state index is 13.6. The molecule has 0 fully saturated rings. The monoisotopic (exact) mass is 309 g/mol. The predicted octanol–water partition coefficient (Wildman–Crippen LogP) is 4.38. The van der Waals surface area contributed by atoms with Crippen LogP contribution in [0.3, 0.4) is 0 Å². The lowest BCUT2D eigenvalue weighted by Crippen LogP contribution is -2.30. The molecule has 4 heteroatoms. The smallest absolute Gasteiger partial charge is 0.265 e. The van der Waals surface area contributed by atoms with E-state index >= 15 is 0 Å². The van der Waals surface area contributed by atoms with Crippen molar-refractivity contribution in [2.24, 2.45) is 0 Å². The van der Waals surface area contributed by atoms with E-state index in [9.17, 15) is 9.18 Å². The fraction of sp³-hybridized carbons (Fsp3) is 0.105. The zero-order valence-corrected chi connectivity index (χ0v) is 12.6. The molecule has 0 radical (unpaired) electrons. The zero-order chi connectivity index (χ0) is 16.2. The highest BCUT2D eigenvalue weighted by molar-refractivity contribution is 5.94. The van der Waals surface area contributed by atoms with Crippen LogP contribution in [-0.2, 0) is 4.79 Å². The lowest BCUT2D eigenvalue weighted by atomic mass is 10.1. The van der Waals surface area contributed by atoms with Gasteiger partial charge in [0.2, 0.25) is 0 Å². The predicted molar refractivity (Wildman–Crippen MR) is 89.1 cm³/mol. The molecule has 0 aliphatic rings. The number of nitrogens with one attached hydrogen (secondary N) is 1. The van der Waals surface area contributed by atoms with Gasteiger partial charge < -0.3 is 10.1 Å². The second-order valence-corrected chi connectivity index (χ2v) is 5.24. The minimum atomic E-state index is -0.740.